The normalized spacial score (nSPS) is 10.8. The average Bonchev–Trinajstić information content (AvgIpc) is 2.90. The number of amides is 1. The summed E-state index contributed by atoms with van der Waals surface area (Å²) < 4.78 is 1.68. The average molecular weight is 314 g/mol. The van der Waals surface area contributed by atoms with E-state index in [1.54, 1.807) is 41.1 Å². The lowest BCUT2D eigenvalue weighted by atomic mass is 10.1. The minimum Gasteiger partial charge on any atom is -0.369 e. The van der Waals surface area contributed by atoms with Gasteiger partial charge in [0.05, 0.1) is 17.6 Å². The van der Waals surface area contributed by atoms with Crippen LogP contribution in [0.25, 0.3) is 16.6 Å². The lowest BCUT2D eigenvalue weighted by molar-refractivity contribution is -0.117. The van der Waals surface area contributed by atoms with E-state index >= 15 is 0 Å². The first-order chi connectivity index (χ1) is 10.6. The van der Waals surface area contributed by atoms with Gasteiger partial charge in [-0.2, -0.15) is 5.10 Å². The molecule has 0 saturated heterocycles. The van der Waals surface area contributed by atoms with Crippen LogP contribution >= 0.6 is 11.6 Å². The summed E-state index contributed by atoms with van der Waals surface area (Å²) in [7, 11) is 0. The minimum atomic E-state index is -0.437. The fourth-order valence-corrected chi connectivity index (χ4v) is 2.58. The Balaban J connectivity index is 2.11. The van der Waals surface area contributed by atoms with Crippen LogP contribution < -0.4 is 5.73 Å². The Bertz CT molecular complexity index is 869. The fraction of sp³-hybridized carbons (Fsp3) is 0.0625. The number of aromatic nitrogens is 2. The molecule has 2 aromatic carbocycles. The van der Waals surface area contributed by atoms with E-state index < -0.39 is 5.91 Å². The number of primary amides is 1. The van der Waals surface area contributed by atoms with E-state index in [0.717, 1.165) is 17.4 Å². The first kappa shape index (κ1) is 14.3. The number of aldehydes is 1. The van der Waals surface area contributed by atoms with Crippen molar-refractivity contribution >= 4 is 34.7 Å². The lowest BCUT2D eigenvalue weighted by Gasteiger charge is -2.01. The van der Waals surface area contributed by atoms with E-state index in [4.69, 9.17) is 17.3 Å². The summed E-state index contributed by atoms with van der Waals surface area (Å²) >= 11 is 6.07. The van der Waals surface area contributed by atoms with Crippen LogP contribution in [-0.4, -0.2) is 22.0 Å². The highest BCUT2D eigenvalue weighted by molar-refractivity contribution is 6.31. The molecule has 0 aliphatic rings. The molecule has 3 aromatic rings. The standard InChI is InChI=1S/C16H12ClN3O2/c17-13-5-11(7-15(18)22)16-12(6-13)8-20(19-16)14-3-1-10(9-21)2-4-14/h1-6,8-9H,7H2,(H2,18,22). The zero-order valence-electron chi connectivity index (χ0n) is 11.5. The van der Waals surface area contributed by atoms with Crippen molar-refractivity contribution in [2.45, 2.75) is 6.42 Å². The van der Waals surface area contributed by atoms with E-state index in [1.807, 2.05) is 6.20 Å². The number of hydrogen-bond acceptors (Lipinski definition) is 3. The number of benzene rings is 2. The Labute approximate surface area is 131 Å². The maximum Gasteiger partial charge on any atom is 0.221 e. The van der Waals surface area contributed by atoms with Crippen molar-refractivity contribution in [1.82, 2.24) is 9.78 Å². The molecule has 22 heavy (non-hydrogen) atoms. The summed E-state index contributed by atoms with van der Waals surface area (Å²) in [4.78, 5) is 21.9. The second-order valence-corrected chi connectivity index (χ2v) is 5.37. The van der Waals surface area contributed by atoms with Crippen LogP contribution in [0, 0.1) is 0 Å². The number of nitrogens with zero attached hydrogens (tertiary/aromatic N) is 2. The van der Waals surface area contributed by atoms with Crippen molar-refractivity contribution < 1.29 is 9.59 Å². The van der Waals surface area contributed by atoms with Crippen LogP contribution in [0.15, 0.2) is 42.6 Å². The van der Waals surface area contributed by atoms with E-state index in [-0.39, 0.29) is 6.42 Å². The topological polar surface area (TPSA) is 78.0 Å². The third-order valence-electron chi connectivity index (χ3n) is 3.31. The molecule has 0 unspecified atom stereocenters. The smallest absolute Gasteiger partial charge is 0.221 e. The Morgan fingerprint density at radius 2 is 2.00 bits per heavy atom. The molecule has 2 N–H and O–H groups in total. The maximum absolute atomic E-state index is 11.2. The van der Waals surface area contributed by atoms with Crippen LogP contribution in [0.2, 0.25) is 5.02 Å². The summed E-state index contributed by atoms with van der Waals surface area (Å²) in [6, 6.07) is 10.5. The summed E-state index contributed by atoms with van der Waals surface area (Å²) in [5.74, 6) is -0.437. The number of carbonyl (C=O) groups excluding carboxylic acids is 2. The molecule has 5 nitrogen and oxygen atoms in total. The number of halogens is 1. The molecule has 0 saturated carbocycles. The molecule has 1 aromatic heterocycles. The minimum absolute atomic E-state index is 0.0815. The van der Waals surface area contributed by atoms with Gasteiger partial charge in [-0.25, -0.2) is 4.68 Å². The zero-order chi connectivity index (χ0) is 15.7. The number of carbonyl (C=O) groups is 2. The third kappa shape index (κ3) is 2.71. The number of rotatable bonds is 4. The van der Waals surface area contributed by atoms with Gasteiger partial charge in [-0.3, -0.25) is 9.59 Å². The highest BCUT2D eigenvalue weighted by Crippen LogP contribution is 2.24. The summed E-state index contributed by atoms with van der Waals surface area (Å²) in [6.45, 7) is 0. The van der Waals surface area contributed by atoms with Crippen molar-refractivity contribution in [3.05, 3.63) is 58.7 Å². The van der Waals surface area contributed by atoms with Gasteiger partial charge in [-0.1, -0.05) is 11.6 Å². The van der Waals surface area contributed by atoms with Gasteiger partial charge in [0.2, 0.25) is 5.91 Å². The van der Waals surface area contributed by atoms with Crippen molar-refractivity contribution in [1.29, 1.82) is 0 Å². The van der Waals surface area contributed by atoms with Gasteiger partial charge < -0.3 is 5.73 Å². The molecule has 0 fully saturated rings. The van der Waals surface area contributed by atoms with Gasteiger partial charge in [0.25, 0.3) is 0 Å². The van der Waals surface area contributed by atoms with Gasteiger partial charge in [0.1, 0.15) is 6.29 Å². The molecular weight excluding hydrogens is 302 g/mol. The molecule has 1 amide bonds. The van der Waals surface area contributed by atoms with Crippen molar-refractivity contribution in [3.63, 3.8) is 0 Å². The molecular formula is C16H12ClN3O2. The van der Waals surface area contributed by atoms with Gasteiger partial charge >= 0.3 is 0 Å². The first-order valence-corrected chi connectivity index (χ1v) is 6.96. The third-order valence-corrected chi connectivity index (χ3v) is 3.53. The van der Waals surface area contributed by atoms with Crippen LogP contribution in [0.1, 0.15) is 15.9 Å². The lowest BCUT2D eigenvalue weighted by Crippen LogP contribution is -2.14. The van der Waals surface area contributed by atoms with E-state index in [9.17, 15) is 9.59 Å². The molecule has 0 bridgehead atoms. The number of hydrogen-bond donors (Lipinski definition) is 1. The second-order valence-electron chi connectivity index (χ2n) is 4.93. The van der Waals surface area contributed by atoms with Gasteiger partial charge in [-0.15, -0.1) is 0 Å². The SMILES string of the molecule is NC(=O)Cc1cc(Cl)cc2cn(-c3ccc(C=O)cc3)nc12. The molecule has 1 heterocycles. The fourth-order valence-electron chi connectivity index (χ4n) is 2.33. The van der Waals surface area contributed by atoms with Gasteiger partial charge in [0, 0.05) is 22.2 Å². The predicted octanol–water partition coefficient (Wildman–Crippen LogP) is 2.52. The molecule has 0 atom stereocenters. The predicted molar refractivity (Wildman–Crippen MR) is 84.4 cm³/mol. The molecule has 3 rings (SSSR count). The largest absolute Gasteiger partial charge is 0.369 e. The van der Waals surface area contributed by atoms with Crippen molar-refractivity contribution in [3.8, 4) is 5.69 Å². The van der Waals surface area contributed by atoms with Gasteiger partial charge in [0.15, 0.2) is 0 Å². The Morgan fingerprint density at radius 1 is 1.27 bits per heavy atom. The van der Waals surface area contributed by atoms with Crippen LogP contribution in [0.4, 0.5) is 0 Å². The second kappa shape index (κ2) is 5.61. The van der Waals surface area contributed by atoms with E-state index in [0.29, 0.717) is 21.7 Å². The quantitative estimate of drug-likeness (QED) is 0.752. The molecule has 6 heteroatoms. The zero-order valence-corrected chi connectivity index (χ0v) is 12.2. The van der Waals surface area contributed by atoms with E-state index in [2.05, 4.69) is 5.10 Å². The Hall–Kier alpha value is -2.66. The Kier molecular flexibility index (Phi) is 3.65. The van der Waals surface area contributed by atoms with Crippen LogP contribution in [-0.2, 0) is 11.2 Å². The summed E-state index contributed by atoms with van der Waals surface area (Å²) in [5, 5.41) is 5.84. The molecule has 0 spiro atoms. The Morgan fingerprint density at radius 3 is 2.64 bits per heavy atom. The number of fused-ring (bicyclic) bond motifs is 1. The highest BCUT2D eigenvalue weighted by atomic mass is 35.5. The highest BCUT2D eigenvalue weighted by Gasteiger charge is 2.11. The monoisotopic (exact) mass is 313 g/mol. The summed E-state index contributed by atoms with van der Waals surface area (Å²) in [5.41, 5.74) is 8.05. The van der Waals surface area contributed by atoms with Crippen LogP contribution in [0.3, 0.4) is 0 Å². The molecule has 0 aliphatic heterocycles. The number of nitrogens with two attached hydrogens (primary N) is 1. The molecule has 0 aliphatic carbocycles. The molecule has 110 valence electrons. The maximum atomic E-state index is 11.2. The van der Waals surface area contributed by atoms with Crippen molar-refractivity contribution in [2.75, 3.05) is 0 Å². The van der Waals surface area contributed by atoms with Gasteiger partial charge in [-0.05, 0) is 42.0 Å². The van der Waals surface area contributed by atoms with Crippen LogP contribution in [0.5, 0.6) is 0 Å². The van der Waals surface area contributed by atoms with E-state index in [1.165, 1.54) is 0 Å². The summed E-state index contributed by atoms with van der Waals surface area (Å²) in [6.07, 6.45) is 2.69. The first-order valence-electron chi connectivity index (χ1n) is 6.58. The van der Waals surface area contributed by atoms with Crippen molar-refractivity contribution in [2.24, 2.45) is 5.73 Å². The molecule has 0 radical (unpaired) electrons.